The molecular formula is C14H11F2NO3. The van der Waals surface area contributed by atoms with Crippen LogP contribution >= 0.6 is 0 Å². The van der Waals surface area contributed by atoms with Crippen molar-refractivity contribution in [3.8, 4) is 17.2 Å². The van der Waals surface area contributed by atoms with Gasteiger partial charge in [-0.05, 0) is 32.0 Å². The van der Waals surface area contributed by atoms with Gasteiger partial charge in [0.05, 0.1) is 0 Å². The highest BCUT2D eigenvalue weighted by Crippen LogP contribution is 2.42. The van der Waals surface area contributed by atoms with E-state index in [9.17, 15) is 13.6 Å². The van der Waals surface area contributed by atoms with Gasteiger partial charge in [-0.3, -0.25) is 4.79 Å². The third kappa shape index (κ3) is 1.84. The van der Waals surface area contributed by atoms with Crippen molar-refractivity contribution in [2.75, 3.05) is 0 Å². The van der Waals surface area contributed by atoms with Gasteiger partial charge in [-0.25, -0.2) is 0 Å². The van der Waals surface area contributed by atoms with E-state index < -0.39 is 6.29 Å². The molecule has 3 rings (SSSR count). The van der Waals surface area contributed by atoms with Gasteiger partial charge in [0.1, 0.15) is 0 Å². The van der Waals surface area contributed by atoms with Crippen LogP contribution in [0.4, 0.5) is 8.78 Å². The normalized spacial score (nSPS) is 15.4. The summed E-state index contributed by atoms with van der Waals surface area (Å²) in [5, 5.41) is 0. The number of aromatic nitrogens is 1. The minimum atomic E-state index is -3.63. The van der Waals surface area contributed by atoms with Gasteiger partial charge in [-0.1, -0.05) is 0 Å². The number of carbonyl (C=O) groups excluding carboxylic acids is 1. The summed E-state index contributed by atoms with van der Waals surface area (Å²) in [5.74, 6) is -0.0236. The van der Waals surface area contributed by atoms with Crippen LogP contribution in [0.25, 0.3) is 5.69 Å². The molecule has 0 bridgehead atoms. The average molecular weight is 279 g/mol. The summed E-state index contributed by atoms with van der Waals surface area (Å²) < 4.78 is 36.6. The number of hydrogen-bond donors (Lipinski definition) is 0. The van der Waals surface area contributed by atoms with Crippen molar-refractivity contribution in [3.63, 3.8) is 0 Å². The SMILES string of the molecule is Cc1cc(C=O)c(C)n1-c1ccc2c(c1)OC(F)(F)O2. The Hall–Kier alpha value is -2.37. The molecule has 0 atom stereocenters. The quantitative estimate of drug-likeness (QED) is 0.792. The topological polar surface area (TPSA) is 40.5 Å². The Kier molecular flexibility index (Phi) is 2.57. The van der Waals surface area contributed by atoms with Crippen LogP contribution in [0, 0.1) is 13.8 Å². The molecule has 0 aliphatic carbocycles. The van der Waals surface area contributed by atoms with Crippen LogP contribution in [0.5, 0.6) is 11.5 Å². The molecule has 1 aromatic carbocycles. The van der Waals surface area contributed by atoms with Gasteiger partial charge in [-0.15, -0.1) is 8.78 Å². The van der Waals surface area contributed by atoms with Gasteiger partial charge < -0.3 is 14.0 Å². The fourth-order valence-corrected chi connectivity index (χ4v) is 2.38. The number of halogens is 2. The lowest BCUT2D eigenvalue weighted by Crippen LogP contribution is -2.25. The van der Waals surface area contributed by atoms with Crippen molar-refractivity contribution in [2.45, 2.75) is 20.1 Å². The maximum atomic E-state index is 13.0. The second-order valence-electron chi connectivity index (χ2n) is 4.58. The summed E-state index contributed by atoms with van der Waals surface area (Å²) in [6.45, 7) is 3.62. The maximum Gasteiger partial charge on any atom is 0.586 e. The number of carbonyl (C=O) groups is 1. The van der Waals surface area contributed by atoms with Crippen LogP contribution in [-0.2, 0) is 0 Å². The molecule has 4 nitrogen and oxygen atoms in total. The Balaban J connectivity index is 2.10. The molecule has 1 aliphatic heterocycles. The lowest BCUT2D eigenvalue weighted by molar-refractivity contribution is -0.286. The highest BCUT2D eigenvalue weighted by Gasteiger charge is 2.43. The molecule has 0 N–H and O–H groups in total. The molecule has 0 radical (unpaired) electrons. The van der Waals surface area contributed by atoms with E-state index in [0.717, 1.165) is 17.7 Å². The molecule has 0 saturated carbocycles. The van der Waals surface area contributed by atoms with Crippen molar-refractivity contribution < 1.29 is 23.0 Å². The van der Waals surface area contributed by atoms with Crippen molar-refractivity contribution in [1.29, 1.82) is 0 Å². The summed E-state index contributed by atoms with van der Waals surface area (Å²) in [5.41, 5.74) is 2.76. The Morgan fingerprint density at radius 1 is 1.15 bits per heavy atom. The molecule has 1 aliphatic rings. The molecule has 20 heavy (non-hydrogen) atoms. The number of hydrogen-bond acceptors (Lipinski definition) is 3. The summed E-state index contributed by atoms with van der Waals surface area (Å²) in [7, 11) is 0. The van der Waals surface area contributed by atoms with Crippen LogP contribution < -0.4 is 9.47 Å². The van der Waals surface area contributed by atoms with Crippen LogP contribution in [-0.4, -0.2) is 17.1 Å². The van der Waals surface area contributed by atoms with Crippen molar-refractivity contribution >= 4 is 6.29 Å². The molecule has 2 heterocycles. The van der Waals surface area contributed by atoms with Gasteiger partial charge in [0.25, 0.3) is 0 Å². The van der Waals surface area contributed by atoms with E-state index in [-0.39, 0.29) is 11.5 Å². The number of alkyl halides is 2. The molecule has 0 saturated heterocycles. The zero-order chi connectivity index (χ0) is 14.5. The Morgan fingerprint density at radius 3 is 2.50 bits per heavy atom. The van der Waals surface area contributed by atoms with E-state index in [1.54, 1.807) is 23.6 Å². The monoisotopic (exact) mass is 279 g/mol. The van der Waals surface area contributed by atoms with E-state index in [1.807, 2.05) is 6.92 Å². The van der Waals surface area contributed by atoms with E-state index >= 15 is 0 Å². The smallest absolute Gasteiger partial charge is 0.395 e. The first-order valence-electron chi connectivity index (χ1n) is 5.96. The number of ether oxygens (including phenoxy) is 2. The number of nitrogens with zero attached hydrogens (tertiary/aromatic N) is 1. The molecule has 0 unspecified atom stereocenters. The number of rotatable bonds is 2. The largest absolute Gasteiger partial charge is 0.586 e. The van der Waals surface area contributed by atoms with Gasteiger partial charge in [0.15, 0.2) is 17.8 Å². The molecule has 0 amide bonds. The van der Waals surface area contributed by atoms with E-state index in [0.29, 0.717) is 11.3 Å². The summed E-state index contributed by atoms with van der Waals surface area (Å²) in [4.78, 5) is 10.9. The van der Waals surface area contributed by atoms with Crippen LogP contribution in [0.1, 0.15) is 21.7 Å². The lowest BCUT2D eigenvalue weighted by atomic mass is 10.2. The molecule has 0 fully saturated rings. The maximum absolute atomic E-state index is 13.0. The zero-order valence-electron chi connectivity index (χ0n) is 10.8. The molecule has 104 valence electrons. The zero-order valence-corrected chi connectivity index (χ0v) is 10.8. The van der Waals surface area contributed by atoms with Gasteiger partial charge in [0.2, 0.25) is 0 Å². The van der Waals surface area contributed by atoms with Crippen molar-refractivity contribution in [2.24, 2.45) is 0 Å². The third-order valence-corrected chi connectivity index (χ3v) is 3.24. The first kappa shape index (κ1) is 12.7. The lowest BCUT2D eigenvalue weighted by Gasteiger charge is -2.10. The highest BCUT2D eigenvalue weighted by molar-refractivity contribution is 5.77. The van der Waals surface area contributed by atoms with Crippen LogP contribution in [0.2, 0.25) is 0 Å². The number of benzene rings is 1. The Labute approximate surface area is 113 Å². The van der Waals surface area contributed by atoms with Crippen molar-refractivity contribution in [1.82, 2.24) is 4.57 Å². The Bertz CT molecular complexity index is 707. The summed E-state index contributed by atoms with van der Waals surface area (Å²) >= 11 is 0. The average Bonchev–Trinajstić information content (AvgIpc) is 2.83. The number of aldehydes is 1. The predicted octanol–water partition coefficient (Wildman–Crippen LogP) is 3.23. The first-order chi connectivity index (χ1) is 9.41. The molecule has 6 heteroatoms. The molecule has 0 spiro atoms. The van der Waals surface area contributed by atoms with Gasteiger partial charge in [-0.2, -0.15) is 0 Å². The van der Waals surface area contributed by atoms with E-state index in [1.165, 1.54) is 12.1 Å². The minimum absolute atomic E-state index is 0.00294. The number of aryl methyl sites for hydroxylation is 1. The third-order valence-electron chi connectivity index (χ3n) is 3.24. The molecule has 2 aromatic rings. The summed E-state index contributed by atoms with van der Waals surface area (Å²) in [6.07, 6.45) is -2.87. The second kappa shape index (κ2) is 4.06. The van der Waals surface area contributed by atoms with Gasteiger partial charge in [0, 0.05) is 28.7 Å². The standard InChI is InChI=1S/C14H11F2NO3/c1-8-5-10(7-18)9(2)17(8)11-3-4-12-13(6-11)20-14(15,16)19-12/h3-7H,1-2H3. The number of fused-ring (bicyclic) bond motifs is 1. The van der Waals surface area contributed by atoms with E-state index in [4.69, 9.17) is 0 Å². The second-order valence-corrected chi connectivity index (χ2v) is 4.58. The Morgan fingerprint density at radius 2 is 1.85 bits per heavy atom. The predicted molar refractivity (Wildman–Crippen MR) is 66.8 cm³/mol. The van der Waals surface area contributed by atoms with Crippen molar-refractivity contribution in [3.05, 3.63) is 41.2 Å². The molecule has 1 aromatic heterocycles. The van der Waals surface area contributed by atoms with Crippen LogP contribution in [0.3, 0.4) is 0 Å². The van der Waals surface area contributed by atoms with E-state index in [2.05, 4.69) is 9.47 Å². The minimum Gasteiger partial charge on any atom is -0.395 e. The molecular weight excluding hydrogens is 268 g/mol. The van der Waals surface area contributed by atoms with Crippen LogP contribution in [0.15, 0.2) is 24.3 Å². The fourth-order valence-electron chi connectivity index (χ4n) is 2.38. The fraction of sp³-hybridized carbons (Fsp3) is 0.214. The summed E-state index contributed by atoms with van der Waals surface area (Å²) in [6, 6.07) is 6.26. The van der Waals surface area contributed by atoms with Gasteiger partial charge >= 0.3 is 6.29 Å². The first-order valence-corrected chi connectivity index (χ1v) is 5.96. The highest BCUT2D eigenvalue weighted by atomic mass is 19.3.